The normalized spacial score (nSPS) is 24.5. The van der Waals surface area contributed by atoms with Crippen LogP contribution in [0.2, 0.25) is 0 Å². The zero-order chi connectivity index (χ0) is 20.5. The molecule has 0 aromatic carbocycles. The first-order chi connectivity index (χ1) is 14.5. The molecule has 1 amide bonds. The number of piperidine rings is 1. The lowest BCUT2D eigenvalue weighted by molar-refractivity contribution is -0.0494. The van der Waals surface area contributed by atoms with Crippen LogP contribution in [0.3, 0.4) is 0 Å². The summed E-state index contributed by atoms with van der Waals surface area (Å²) >= 11 is 0. The summed E-state index contributed by atoms with van der Waals surface area (Å²) in [5.74, 6) is -1.07. The molecule has 154 valence electrons. The van der Waals surface area contributed by atoms with E-state index in [1.54, 1.807) is 10.7 Å². The van der Waals surface area contributed by atoms with Crippen molar-refractivity contribution in [2.24, 2.45) is 5.92 Å². The lowest BCUT2D eigenvalue weighted by atomic mass is 10.0. The summed E-state index contributed by atoms with van der Waals surface area (Å²) in [4.78, 5) is 25.5. The fourth-order valence-corrected chi connectivity index (χ4v) is 4.66. The van der Waals surface area contributed by atoms with Crippen LogP contribution in [0.25, 0.3) is 5.65 Å². The predicted octanol–water partition coefficient (Wildman–Crippen LogP) is 3.25. The smallest absolute Gasteiger partial charge is 0.255 e. The minimum atomic E-state index is -2.67. The molecule has 9 heteroatoms. The Balaban J connectivity index is 1.32. The highest BCUT2D eigenvalue weighted by atomic mass is 19.3. The van der Waals surface area contributed by atoms with E-state index in [1.807, 2.05) is 24.4 Å². The fourth-order valence-electron chi connectivity index (χ4n) is 4.66. The number of anilines is 2. The Morgan fingerprint density at radius 2 is 2.00 bits per heavy atom. The number of carbonyl (C=O) groups excluding carboxylic acids is 1. The van der Waals surface area contributed by atoms with Gasteiger partial charge in [-0.15, -0.1) is 0 Å². The first-order valence-corrected chi connectivity index (χ1v) is 10.2. The molecule has 3 aromatic rings. The molecule has 0 spiro atoms. The van der Waals surface area contributed by atoms with Gasteiger partial charge in [0.1, 0.15) is 12.1 Å². The van der Waals surface area contributed by atoms with Crippen LogP contribution in [0.4, 0.5) is 20.3 Å². The number of halogens is 2. The summed E-state index contributed by atoms with van der Waals surface area (Å²) in [5.41, 5.74) is 3.31. The van der Waals surface area contributed by atoms with Gasteiger partial charge in [0.25, 0.3) is 11.8 Å². The third kappa shape index (κ3) is 2.83. The molecule has 1 saturated carbocycles. The van der Waals surface area contributed by atoms with Crippen molar-refractivity contribution in [1.29, 1.82) is 0 Å². The summed E-state index contributed by atoms with van der Waals surface area (Å²) in [6, 6.07) is 5.89. The molecule has 2 atom stereocenters. The average Bonchev–Trinajstić information content (AvgIpc) is 3.39. The van der Waals surface area contributed by atoms with E-state index < -0.39 is 5.92 Å². The van der Waals surface area contributed by atoms with Crippen molar-refractivity contribution in [3.8, 4) is 0 Å². The van der Waals surface area contributed by atoms with Crippen LogP contribution in [-0.4, -0.2) is 55.9 Å². The highest BCUT2D eigenvalue weighted by Gasteiger charge is 2.46. The molecule has 2 unspecified atom stereocenters. The maximum absolute atomic E-state index is 13.4. The lowest BCUT2D eigenvalue weighted by Gasteiger charge is -2.33. The number of rotatable bonds is 2. The van der Waals surface area contributed by atoms with Gasteiger partial charge in [-0.1, -0.05) is 0 Å². The summed E-state index contributed by atoms with van der Waals surface area (Å²) in [7, 11) is 0. The first-order valence-electron chi connectivity index (χ1n) is 10.2. The number of hydrogen-bond acceptors (Lipinski definition) is 5. The van der Waals surface area contributed by atoms with Crippen LogP contribution in [0.1, 0.15) is 41.1 Å². The fraction of sp³-hybridized carbons (Fsp3) is 0.429. The lowest BCUT2D eigenvalue weighted by Crippen LogP contribution is -2.42. The Hall–Kier alpha value is -3.10. The van der Waals surface area contributed by atoms with Gasteiger partial charge in [-0.05, 0) is 36.0 Å². The maximum Gasteiger partial charge on any atom is 0.255 e. The van der Waals surface area contributed by atoms with Crippen molar-refractivity contribution < 1.29 is 13.6 Å². The number of pyridine rings is 2. The van der Waals surface area contributed by atoms with E-state index in [-0.39, 0.29) is 31.8 Å². The SMILES string of the molecule is O=C(c1cnc2c(c1)C1CC1CN2c1ccn2ncnc2c1)N1CCC(F)(F)CC1. The molecule has 1 aliphatic carbocycles. The highest BCUT2D eigenvalue weighted by Crippen LogP contribution is 2.55. The molecule has 2 fully saturated rings. The highest BCUT2D eigenvalue weighted by molar-refractivity contribution is 5.94. The van der Waals surface area contributed by atoms with Crippen molar-refractivity contribution >= 4 is 23.1 Å². The van der Waals surface area contributed by atoms with Gasteiger partial charge < -0.3 is 9.80 Å². The quantitative estimate of drug-likeness (QED) is 0.649. The zero-order valence-electron chi connectivity index (χ0n) is 16.2. The van der Waals surface area contributed by atoms with Crippen molar-refractivity contribution in [2.45, 2.75) is 31.1 Å². The summed E-state index contributed by atoms with van der Waals surface area (Å²) in [6.45, 7) is 1.04. The van der Waals surface area contributed by atoms with Gasteiger partial charge >= 0.3 is 0 Å². The zero-order valence-corrected chi connectivity index (χ0v) is 16.2. The Morgan fingerprint density at radius 1 is 1.17 bits per heavy atom. The van der Waals surface area contributed by atoms with Crippen molar-refractivity contribution in [2.75, 3.05) is 24.5 Å². The molecule has 6 rings (SSSR count). The first kappa shape index (κ1) is 17.7. The predicted molar refractivity (Wildman–Crippen MR) is 105 cm³/mol. The molecule has 2 aliphatic heterocycles. The van der Waals surface area contributed by atoms with Gasteiger partial charge in [-0.2, -0.15) is 5.10 Å². The maximum atomic E-state index is 13.4. The third-order valence-corrected chi connectivity index (χ3v) is 6.49. The molecule has 30 heavy (non-hydrogen) atoms. The number of aromatic nitrogens is 4. The number of amides is 1. The van der Waals surface area contributed by atoms with Crippen LogP contribution in [0, 0.1) is 5.92 Å². The van der Waals surface area contributed by atoms with Crippen LogP contribution in [0.15, 0.2) is 36.9 Å². The van der Waals surface area contributed by atoms with Crippen molar-refractivity contribution in [3.63, 3.8) is 0 Å². The molecule has 5 heterocycles. The number of hydrogen-bond donors (Lipinski definition) is 0. The second-order valence-corrected chi connectivity index (χ2v) is 8.45. The molecular formula is C21H20F2N6O. The minimum absolute atomic E-state index is 0.0828. The van der Waals surface area contributed by atoms with Crippen LogP contribution >= 0.6 is 0 Å². The molecule has 0 N–H and O–H groups in total. The molecule has 0 radical (unpaired) electrons. The monoisotopic (exact) mass is 410 g/mol. The molecule has 1 saturated heterocycles. The van der Waals surface area contributed by atoms with E-state index in [2.05, 4.69) is 20.0 Å². The second kappa shape index (κ2) is 6.20. The van der Waals surface area contributed by atoms with E-state index in [0.717, 1.165) is 35.7 Å². The van der Waals surface area contributed by atoms with E-state index in [1.165, 1.54) is 11.2 Å². The van der Waals surface area contributed by atoms with Gasteiger partial charge in [-0.25, -0.2) is 23.3 Å². The topological polar surface area (TPSA) is 66.6 Å². The van der Waals surface area contributed by atoms with Crippen molar-refractivity contribution in [1.82, 2.24) is 24.5 Å². The summed E-state index contributed by atoms with van der Waals surface area (Å²) < 4.78 is 28.6. The van der Waals surface area contributed by atoms with Crippen LogP contribution < -0.4 is 4.90 Å². The Morgan fingerprint density at radius 3 is 2.83 bits per heavy atom. The van der Waals surface area contributed by atoms with Crippen LogP contribution in [-0.2, 0) is 0 Å². The van der Waals surface area contributed by atoms with Gasteiger partial charge in [0.05, 0.1) is 5.56 Å². The molecule has 3 aromatic heterocycles. The molecule has 7 nitrogen and oxygen atoms in total. The number of alkyl halides is 2. The number of fused-ring (bicyclic) bond motifs is 4. The van der Waals surface area contributed by atoms with Crippen LogP contribution in [0.5, 0.6) is 0 Å². The van der Waals surface area contributed by atoms with Crippen molar-refractivity contribution in [3.05, 3.63) is 48.0 Å². The number of nitrogens with zero attached hydrogens (tertiary/aromatic N) is 6. The number of likely N-dealkylation sites (tertiary alicyclic amines) is 1. The molecule has 3 aliphatic rings. The van der Waals surface area contributed by atoms with E-state index in [4.69, 9.17) is 0 Å². The standard InChI is InChI=1S/C21H20F2N6O/c22-21(23)2-5-27(6-3-21)20(30)13-7-17-16-8-14(16)11-28(19(17)24-10-13)15-1-4-29-18(9-15)25-12-26-29/h1,4,7,9-10,12,14,16H,2-3,5-6,8,11H2. The Labute approximate surface area is 171 Å². The minimum Gasteiger partial charge on any atom is -0.338 e. The van der Waals surface area contributed by atoms with Gasteiger partial charge in [-0.3, -0.25) is 4.79 Å². The largest absolute Gasteiger partial charge is 0.338 e. The van der Waals surface area contributed by atoms with E-state index in [9.17, 15) is 13.6 Å². The number of carbonyl (C=O) groups is 1. The summed E-state index contributed by atoms with van der Waals surface area (Å²) in [6.07, 6.45) is 5.50. The van der Waals surface area contributed by atoms with E-state index in [0.29, 0.717) is 17.4 Å². The molecular weight excluding hydrogens is 390 g/mol. The van der Waals surface area contributed by atoms with E-state index >= 15 is 0 Å². The third-order valence-electron chi connectivity index (χ3n) is 6.49. The van der Waals surface area contributed by atoms with Gasteiger partial charge in [0.2, 0.25) is 0 Å². The average molecular weight is 410 g/mol. The van der Waals surface area contributed by atoms with Gasteiger partial charge in [0, 0.05) is 56.6 Å². The van der Waals surface area contributed by atoms with Gasteiger partial charge in [0.15, 0.2) is 5.65 Å². The second-order valence-electron chi connectivity index (χ2n) is 8.45. The summed E-state index contributed by atoms with van der Waals surface area (Å²) in [5, 5.41) is 4.14. The Bertz CT molecular complexity index is 1150. The molecule has 0 bridgehead atoms. The Kier molecular flexibility index (Phi) is 3.66.